The molecule has 1 aliphatic carbocycles. The molecule has 3 rings (SSSR count). The van der Waals surface area contributed by atoms with Crippen molar-refractivity contribution < 1.29 is 4.74 Å². The lowest BCUT2D eigenvalue weighted by molar-refractivity contribution is 0.379. The van der Waals surface area contributed by atoms with Crippen LogP contribution in [0.5, 0.6) is 6.01 Å². The first-order chi connectivity index (χ1) is 8.76. The highest BCUT2D eigenvalue weighted by Crippen LogP contribution is 2.28. The van der Waals surface area contributed by atoms with E-state index in [0.29, 0.717) is 6.01 Å². The van der Waals surface area contributed by atoms with Gasteiger partial charge in [0.15, 0.2) is 0 Å². The van der Waals surface area contributed by atoms with E-state index in [2.05, 4.69) is 28.2 Å². The van der Waals surface area contributed by atoms with E-state index in [1.807, 2.05) is 13.0 Å². The molecule has 1 aliphatic rings. The summed E-state index contributed by atoms with van der Waals surface area (Å²) in [5, 5.41) is 0. The average Bonchev–Trinajstić information content (AvgIpc) is 2.85. The molecule has 0 fully saturated rings. The molecular formula is C15H16N2O. The summed E-state index contributed by atoms with van der Waals surface area (Å²) in [4.78, 5) is 8.63. The van der Waals surface area contributed by atoms with Crippen LogP contribution in [0.2, 0.25) is 0 Å². The second kappa shape index (κ2) is 4.41. The predicted octanol–water partition coefficient (Wildman–Crippen LogP) is 2.95. The van der Waals surface area contributed by atoms with Crippen molar-refractivity contribution in [1.82, 2.24) is 9.97 Å². The summed E-state index contributed by atoms with van der Waals surface area (Å²) >= 11 is 0. The summed E-state index contributed by atoms with van der Waals surface area (Å²) in [5.41, 5.74) is 5.96. The van der Waals surface area contributed by atoms with E-state index >= 15 is 0 Å². The largest absolute Gasteiger partial charge is 0.467 e. The molecule has 1 aromatic carbocycles. The Balaban J connectivity index is 2.06. The van der Waals surface area contributed by atoms with Crippen LogP contribution in [0.25, 0.3) is 11.3 Å². The first-order valence-electron chi connectivity index (χ1n) is 6.28. The number of benzene rings is 1. The maximum absolute atomic E-state index is 5.13. The Morgan fingerprint density at radius 1 is 1.06 bits per heavy atom. The summed E-state index contributed by atoms with van der Waals surface area (Å²) < 4.78 is 5.13. The molecule has 3 nitrogen and oxygen atoms in total. The number of aryl methyl sites for hydroxylation is 3. The van der Waals surface area contributed by atoms with Crippen molar-refractivity contribution in [3.05, 3.63) is 41.1 Å². The lowest BCUT2D eigenvalue weighted by Crippen LogP contribution is -1.96. The fourth-order valence-electron chi connectivity index (χ4n) is 2.51. The predicted molar refractivity (Wildman–Crippen MR) is 70.8 cm³/mol. The first kappa shape index (κ1) is 11.2. The Morgan fingerprint density at radius 3 is 2.72 bits per heavy atom. The molecule has 0 saturated carbocycles. The SMILES string of the molecule is COc1nc(C)cc(-c2ccc3c(c2)CCC3)n1. The minimum Gasteiger partial charge on any atom is -0.467 e. The quantitative estimate of drug-likeness (QED) is 0.809. The van der Waals surface area contributed by atoms with E-state index in [9.17, 15) is 0 Å². The molecule has 0 bridgehead atoms. The highest BCUT2D eigenvalue weighted by molar-refractivity contribution is 5.62. The van der Waals surface area contributed by atoms with Crippen LogP contribution in [-0.4, -0.2) is 17.1 Å². The van der Waals surface area contributed by atoms with Gasteiger partial charge in [0, 0.05) is 11.3 Å². The van der Waals surface area contributed by atoms with Crippen molar-refractivity contribution in [3.63, 3.8) is 0 Å². The summed E-state index contributed by atoms with van der Waals surface area (Å²) in [6, 6.07) is 9.06. The van der Waals surface area contributed by atoms with Crippen LogP contribution >= 0.6 is 0 Å². The van der Waals surface area contributed by atoms with Crippen LogP contribution in [0.15, 0.2) is 24.3 Å². The molecule has 0 radical (unpaired) electrons. The summed E-state index contributed by atoms with van der Waals surface area (Å²) in [6.45, 7) is 1.96. The monoisotopic (exact) mass is 240 g/mol. The van der Waals surface area contributed by atoms with E-state index < -0.39 is 0 Å². The minimum absolute atomic E-state index is 0.436. The Morgan fingerprint density at radius 2 is 1.89 bits per heavy atom. The van der Waals surface area contributed by atoms with E-state index in [1.54, 1.807) is 7.11 Å². The van der Waals surface area contributed by atoms with Crippen LogP contribution in [-0.2, 0) is 12.8 Å². The number of fused-ring (bicyclic) bond motifs is 1. The highest BCUT2D eigenvalue weighted by atomic mass is 16.5. The molecule has 0 aliphatic heterocycles. The van der Waals surface area contributed by atoms with E-state index in [0.717, 1.165) is 17.0 Å². The average molecular weight is 240 g/mol. The molecule has 0 spiro atoms. The third-order valence-electron chi connectivity index (χ3n) is 3.41. The number of ether oxygens (including phenoxy) is 1. The van der Waals surface area contributed by atoms with Crippen molar-refractivity contribution in [2.24, 2.45) is 0 Å². The topological polar surface area (TPSA) is 35.0 Å². The summed E-state index contributed by atoms with van der Waals surface area (Å²) in [5.74, 6) is 0. The van der Waals surface area contributed by atoms with Gasteiger partial charge in [0.05, 0.1) is 12.8 Å². The highest BCUT2D eigenvalue weighted by Gasteiger charge is 2.12. The normalized spacial score (nSPS) is 13.4. The lowest BCUT2D eigenvalue weighted by Gasteiger charge is -2.07. The van der Waals surface area contributed by atoms with Gasteiger partial charge < -0.3 is 4.74 Å². The molecule has 1 heterocycles. The van der Waals surface area contributed by atoms with Crippen molar-refractivity contribution in [2.75, 3.05) is 7.11 Å². The Hall–Kier alpha value is -1.90. The molecule has 2 aromatic rings. The summed E-state index contributed by atoms with van der Waals surface area (Å²) in [7, 11) is 1.60. The Kier molecular flexibility index (Phi) is 2.74. The first-order valence-corrected chi connectivity index (χ1v) is 6.28. The molecule has 0 unspecified atom stereocenters. The smallest absolute Gasteiger partial charge is 0.316 e. The molecule has 1 aromatic heterocycles. The maximum Gasteiger partial charge on any atom is 0.316 e. The van der Waals surface area contributed by atoms with Crippen LogP contribution < -0.4 is 4.74 Å². The van der Waals surface area contributed by atoms with E-state index in [1.165, 1.54) is 30.4 Å². The van der Waals surface area contributed by atoms with Crippen LogP contribution in [0.3, 0.4) is 0 Å². The lowest BCUT2D eigenvalue weighted by atomic mass is 10.0. The molecule has 0 saturated heterocycles. The standard InChI is InChI=1S/C15H16N2O/c1-10-8-14(17-15(16-10)18-2)13-7-6-11-4-3-5-12(11)9-13/h6-9H,3-5H2,1-2H3. The van der Waals surface area contributed by atoms with Gasteiger partial charge in [0.1, 0.15) is 0 Å². The zero-order chi connectivity index (χ0) is 12.5. The van der Waals surface area contributed by atoms with Gasteiger partial charge in [0.2, 0.25) is 0 Å². The molecular weight excluding hydrogens is 224 g/mol. The molecule has 3 heteroatoms. The van der Waals surface area contributed by atoms with Crippen LogP contribution in [0.1, 0.15) is 23.2 Å². The summed E-state index contributed by atoms with van der Waals surface area (Å²) in [6.07, 6.45) is 3.66. The number of hydrogen-bond donors (Lipinski definition) is 0. The Labute approximate surface area is 107 Å². The van der Waals surface area contributed by atoms with Gasteiger partial charge in [-0.25, -0.2) is 4.98 Å². The van der Waals surface area contributed by atoms with Crippen molar-refractivity contribution in [2.45, 2.75) is 26.2 Å². The van der Waals surface area contributed by atoms with E-state index in [4.69, 9.17) is 4.74 Å². The number of methoxy groups -OCH3 is 1. The van der Waals surface area contributed by atoms with Gasteiger partial charge in [-0.05, 0) is 49.4 Å². The number of hydrogen-bond acceptors (Lipinski definition) is 3. The molecule has 0 N–H and O–H groups in total. The minimum atomic E-state index is 0.436. The molecule has 92 valence electrons. The number of aromatic nitrogens is 2. The van der Waals surface area contributed by atoms with Gasteiger partial charge in [-0.15, -0.1) is 0 Å². The zero-order valence-electron chi connectivity index (χ0n) is 10.7. The number of nitrogens with zero attached hydrogens (tertiary/aromatic N) is 2. The fraction of sp³-hybridized carbons (Fsp3) is 0.333. The van der Waals surface area contributed by atoms with Gasteiger partial charge in [0.25, 0.3) is 0 Å². The third kappa shape index (κ3) is 1.96. The third-order valence-corrected chi connectivity index (χ3v) is 3.41. The molecule has 0 atom stereocenters. The number of rotatable bonds is 2. The van der Waals surface area contributed by atoms with Crippen LogP contribution in [0.4, 0.5) is 0 Å². The second-order valence-corrected chi connectivity index (χ2v) is 4.72. The zero-order valence-corrected chi connectivity index (χ0v) is 10.7. The van der Waals surface area contributed by atoms with Crippen molar-refractivity contribution in [1.29, 1.82) is 0 Å². The van der Waals surface area contributed by atoms with Crippen molar-refractivity contribution >= 4 is 0 Å². The van der Waals surface area contributed by atoms with Gasteiger partial charge >= 0.3 is 6.01 Å². The Bertz CT molecular complexity index is 593. The van der Waals surface area contributed by atoms with Gasteiger partial charge in [-0.1, -0.05) is 12.1 Å². The van der Waals surface area contributed by atoms with Gasteiger partial charge in [-0.3, -0.25) is 0 Å². The molecule has 18 heavy (non-hydrogen) atoms. The molecule has 0 amide bonds. The maximum atomic E-state index is 5.13. The van der Waals surface area contributed by atoms with Crippen LogP contribution in [0, 0.1) is 6.92 Å². The van der Waals surface area contributed by atoms with Crippen molar-refractivity contribution in [3.8, 4) is 17.3 Å². The second-order valence-electron chi connectivity index (χ2n) is 4.72. The van der Waals surface area contributed by atoms with E-state index in [-0.39, 0.29) is 0 Å². The fourth-order valence-corrected chi connectivity index (χ4v) is 2.51. The van der Waals surface area contributed by atoms with Gasteiger partial charge in [-0.2, -0.15) is 4.98 Å².